The lowest BCUT2D eigenvalue weighted by molar-refractivity contribution is 0.0808. The SMILES string of the molecule is C=C[C@@H](O)[C@@H](O)/C=C/C=C/C=C/[C@@H](O)[C@H](O)/C=C/C. The Morgan fingerprint density at radius 1 is 0.684 bits per heavy atom. The summed E-state index contributed by atoms with van der Waals surface area (Å²) in [5, 5.41) is 37.4. The molecule has 0 aromatic rings. The van der Waals surface area contributed by atoms with Crippen LogP contribution in [-0.4, -0.2) is 44.8 Å². The van der Waals surface area contributed by atoms with Gasteiger partial charge in [0.1, 0.15) is 24.4 Å². The maximum Gasteiger partial charge on any atom is 0.102 e. The predicted molar refractivity (Wildman–Crippen MR) is 76.5 cm³/mol. The molecule has 0 spiro atoms. The van der Waals surface area contributed by atoms with Gasteiger partial charge in [-0.25, -0.2) is 0 Å². The van der Waals surface area contributed by atoms with E-state index in [0.717, 1.165) is 0 Å². The van der Waals surface area contributed by atoms with Crippen LogP contribution in [0.2, 0.25) is 0 Å². The fraction of sp³-hybridized carbons (Fsp3) is 0.333. The highest BCUT2D eigenvalue weighted by Gasteiger charge is 2.07. The van der Waals surface area contributed by atoms with Crippen molar-refractivity contribution in [2.75, 3.05) is 0 Å². The lowest BCUT2D eigenvalue weighted by Crippen LogP contribution is -2.20. The lowest BCUT2D eigenvalue weighted by Gasteiger charge is -2.08. The van der Waals surface area contributed by atoms with Crippen LogP contribution in [0.5, 0.6) is 0 Å². The highest BCUT2D eigenvalue weighted by atomic mass is 16.3. The second-order valence-electron chi connectivity index (χ2n) is 3.88. The van der Waals surface area contributed by atoms with Crippen LogP contribution in [0.25, 0.3) is 0 Å². The largest absolute Gasteiger partial charge is 0.386 e. The minimum atomic E-state index is -0.992. The molecule has 0 aromatic carbocycles. The van der Waals surface area contributed by atoms with Crippen molar-refractivity contribution in [2.24, 2.45) is 0 Å². The summed E-state index contributed by atoms with van der Waals surface area (Å²) < 4.78 is 0. The molecule has 4 nitrogen and oxygen atoms in total. The summed E-state index contributed by atoms with van der Waals surface area (Å²) in [6, 6.07) is 0. The van der Waals surface area contributed by atoms with E-state index in [9.17, 15) is 20.4 Å². The van der Waals surface area contributed by atoms with E-state index >= 15 is 0 Å². The molecule has 4 atom stereocenters. The number of aliphatic hydroxyl groups is 4. The van der Waals surface area contributed by atoms with Crippen LogP contribution in [0.4, 0.5) is 0 Å². The molecule has 0 radical (unpaired) electrons. The van der Waals surface area contributed by atoms with Gasteiger partial charge in [0, 0.05) is 0 Å². The molecule has 0 fully saturated rings. The molecule has 19 heavy (non-hydrogen) atoms. The molecule has 4 heteroatoms. The smallest absolute Gasteiger partial charge is 0.102 e. The van der Waals surface area contributed by atoms with Crippen LogP contribution >= 0.6 is 0 Å². The molecule has 0 heterocycles. The maximum atomic E-state index is 9.47. The Kier molecular flexibility index (Phi) is 9.66. The molecule has 106 valence electrons. The van der Waals surface area contributed by atoms with Crippen molar-refractivity contribution in [3.63, 3.8) is 0 Å². The third kappa shape index (κ3) is 8.29. The minimum Gasteiger partial charge on any atom is -0.386 e. The van der Waals surface area contributed by atoms with Crippen molar-refractivity contribution in [3.8, 4) is 0 Å². The zero-order valence-corrected chi connectivity index (χ0v) is 11.0. The van der Waals surface area contributed by atoms with Gasteiger partial charge in [0.15, 0.2) is 0 Å². The zero-order valence-electron chi connectivity index (χ0n) is 11.0. The summed E-state index contributed by atoms with van der Waals surface area (Å²) in [6.07, 6.45) is 9.81. The van der Waals surface area contributed by atoms with Crippen molar-refractivity contribution in [2.45, 2.75) is 31.3 Å². The topological polar surface area (TPSA) is 80.9 Å². The van der Waals surface area contributed by atoms with Gasteiger partial charge in [-0.15, -0.1) is 6.58 Å². The normalized spacial score (nSPS) is 19.4. The van der Waals surface area contributed by atoms with Crippen LogP contribution in [0.3, 0.4) is 0 Å². The van der Waals surface area contributed by atoms with Crippen molar-refractivity contribution in [3.05, 3.63) is 61.3 Å². The summed E-state index contributed by atoms with van der Waals surface area (Å²) in [5.74, 6) is 0. The number of hydrogen-bond acceptors (Lipinski definition) is 4. The molecule has 0 bridgehead atoms. The molecule has 0 saturated carbocycles. The molecule has 4 N–H and O–H groups in total. The van der Waals surface area contributed by atoms with Gasteiger partial charge >= 0.3 is 0 Å². The first-order valence-corrected chi connectivity index (χ1v) is 6.02. The van der Waals surface area contributed by atoms with Crippen molar-refractivity contribution >= 4 is 0 Å². The van der Waals surface area contributed by atoms with Gasteiger partial charge in [-0.3, -0.25) is 0 Å². The van der Waals surface area contributed by atoms with Crippen LogP contribution in [-0.2, 0) is 0 Å². The quantitative estimate of drug-likeness (QED) is 0.388. The Morgan fingerprint density at radius 2 is 1.11 bits per heavy atom. The third-order valence-electron chi connectivity index (χ3n) is 2.28. The maximum absolute atomic E-state index is 9.47. The second kappa shape index (κ2) is 10.5. The summed E-state index contributed by atoms with van der Waals surface area (Å²) in [7, 11) is 0. The number of hydrogen-bond donors (Lipinski definition) is 4. The van der Waals surface area contributed by atoms with Gasteiger partial charge in [-0.2, -0.15) is 0 Å². The van der Waals surface area contributed by atoms with E-state index in [2.05, 4.69) is 6.58 Å². The first kappa shape index (κ1) is 17.5. The molecule has 0 aliphatic rings. The molecule has 0 aliphatic heterocycles. The number of aliphatic hydroxyl groups excluding tert-OH is 4. The molecule has 0 saturated heterocycles. The molecule has 0 aliphatic carbocycles. The fourth-order valence-corrected chi connectivity index (χ4v) is 1.16. The first-order valence-electron chi connectivity index (χ1n) is 6.02. The average molecular weight is 266 g/mol. The predicted octanol–water partition coefficient (Wildman–Crippen LogP) is 0.861. The molecular weight excluding hydrogens is 244 g/mol. The minimum absolute atomic E-state index is 0.922. The summed E-state index contributed by atoms with van der Waals surface area (Å²) in [6.45, 7) is 5.12. The molecule has 0 unspecified atom stereocenters. The Morgan fingerprint density at radius 3 is 1.53 bits per heavy atom. The fourth-order valence-electron chi connectivity index (χ4n) is 1.16. The monoisotopic (exact) mass is 266 g/mol. The van der Waals surface area contributed by atoms with Crippen LogP contribution in [0.1, 0.15) is 6.92 Å². The molecule has 0 amide bonds. The van der Waals surface area contributed by atoms with E-state index in [1.165, 1.54) is 24.3 Å². The van der Waals surface area contributed by atoms with Gasteiger partial charge < -0.3 is 20.4 Å². The van der Waals surface area contributed by atoms with Gasteiger partial charge in [0.2, 0.25) is 0 Å². The Bertz CT molecular complexity index is 355. The van der Waals surface area contributed by atoms with Crippen molar-refractivity contribution in [1.82, 2.24) is 0 Å². The zero-order chi connectivity index (χ0) is 14.7. The Labute approximate surface area is 114 Å². The highest BCUT2D eigenvalue weighted by Crippen LogP contribution is 1.99. The van der Waals surface area contributed by atoms with Crippen LogP contribution in [0, 0.1) is 0 Å². The average Bonchev–Trinajstić information content (AvgIpc) is 2.41. The molecule has 0 aromatic heterocycles. The van der Waals surface area contributed by atoms with Gasteiger partial charge in [0.05, 0.1) is 0 Å². The van der Waals surface area contributed by atoms with E-state index in [4.69, 9.17) is 0 Å². The third-order valence-corrected chi connectivity index (χ3v) is 2.28. The Balaban J connectivity index is 4.15. The van der Waals surface area contributed by atoms with E-state index < -0.39 is 24.4 Å². The molecule has 0 rings (SSSR count). The van der Waals surface area contributed by atoms with Crippen molar-refractivity contribution < 1.29 is 20.4 Å². The van der Waals surface area contributed by atoms with Crippen molar-refractivity contribution in [1.29, 1.82) is 0 Å². The summed E-state index contributed by atoms with van der Waals surface area (Å²) >= 11 is 0. The van der Waals surface area contributed by atoms with Gasteiger partial charge in [-0.1, -0.05) is 54.7 Å². The summed E-state index contributed by atoms with van der Waals surface area (Å²) in [5.41, 5.74) is 0. The second-order valence-corrected chi connectivity index (χ2v) is 3.88. The number of rotatable bonds is 8. The van der Waals surface area contributed by atoms with Gasteiger partial charge in [-0.05, 0) is 6.92 Å². The van der Waals surface area contributed by atoms with E-state index in [-0.39, 0.29) is 0 Å². The van der Waals surface area contributed by atoms with Crippen LogP contribution in [0.15, 0.2) is 61.3 Å². The van der Waals surface area contributed by atoms with E-state index in [1.807, 2.05) is 0 Å². The standard InChI is InChI=1S/C15H22O4/c1-3-9-13(17)15(19)11-8-6-5-7-10-14(18)12(16)4-2/h3-19H,2H2,1H3/b6-5+,9-3+,10-7+,11-8+/t12-,13-,14+,15-/m1/s1. The van der Waals surface area contributed by atoms with E-state index in [1.54, 1.807) is 37.3 Å². The van der Waals surface area contributed by atoms with E-state index in [0.29, 0.717) is 0 Å². The van der Waals surface area contributed by atoms with Crippen LogP contribution < -0.4 is 0 Å². The summed E-state index contributed by atoms with van der Waals surface area (Å²) in [4.78, 5) is 0. The van der Waals surface area contributed by atoms with Gasteiger partial charge in [0.25, 0.3) is 0 Å². The lowest BCUT2D eigenvalue weighted by atomic mass is 10.1. The highest BCUT2D eigenvalue weighted by molar-refractivity contribution is 5.15. The first-order chi connectivity index (χ1) is 9.02. The molecular formula is C15H22O4. The number of allylic oxidation sites excluding steroid dienone is 5. The Hall–Kier alpha value is -1.46.